The van der Waals surface area contributed by atoms with Gasteiger partial charge in [-0.15, -0.1) is 11.8 Å². The van der Waals surface area contributed by atoms with Gasteiger partial charge in [-0.2, -0.15) is 0 Å². The molecule has 5 rings (SSSR count). The van der Waals surface area contributed by atoms with Crippen LogP contribution in [0.25, 0.3) is 0 Å². The summed E-state index contributed by atoms with van der Waals surface area (Å²) in [6.45, 7) is 0.112. The van der Waals surface area contributed by atoms with Crippen LogP contribution < -0.4 is 10.6 Å². The summed E-state index contributed by atoms with van der Waals surface area (Å²) in [4.78, 5) is 42.2. The highest BCUT2D eigenvalue weighted by atomic mass is 79.9. The Morgan fingerprint density at radius 2 is 1.86 bits per heavy atom. The molecule has 3 aliphatic heterocycles. The van der Waals surface area contributed by atoms with Crippen molar-refractivity contribution < 1.29 is 19.5 Å². The molecular weight excluding hydrogens is 554 g/mol. The maximum Gasteiger partial charge on any atom is 0.248 e. The van der Waals surface area contributed by atoms with E-state index in [1.54, 1.807) is 36.0 Å². The van der Waals surface area contributed by atoms with Gasteiger partial charge in [-0.05, 0) is 24.1 Å². The number of benzene rings is 2. The van der Waals surface area contributed by atoms with Crippen molar-refractivity contribution in [2.75, 3.05) is 18.5 Å². The van der Waals surface area contributed by atoms with Crippen LogP contribution in [-0.4, -0.2) is 61.7 Å². The first-order chi connectivity index (χ1) is 16.9. The molecule has 0 aliphatic carbocycles. The van der Waals surface area contributed by atoms with Crippen LogP contribution in [0.1, 0.15) is 12.0 Å². The van der Waals surface area contributed by atoms with Crippen LogP contribution in [0.5, 0.6) is 0 Å². The number of rotatable bonds is 7. The van der Waals surface area contributed by atoms with Crippen LogP contribution in [0.3, 0.4) is 0 Å². The Morgan fingerprint density at radius 1 is 1.14 bits per heavy atom. The average molecular weight is 579 g/mol. The number of anilines is 1. The van der Waals surface area contributed by atoms with E-state index >= 15 is 0 Å². The lowest BCUT2D eigenvalue weighted by molar-refractivity contribution is -0.139. The predicted octanol–water partition coefficient (Wildman–Crippen LogP) is 3.05. The second-order valence-corrected chi connectivity index (χ2v) is 12.2. The van der Waals surface area contributed by atoms with Gasteiger partial charge in [-0.1, -0.05) is 70.0 Å². The molecular formula is C25H25BrClN3O4S. The molecule has 184 valence electrons. The Kier molecular flexibility index (Phi) is 6.87. The number of carbonyl (C=O) groups excluding carboxylic acids is 3. The van der Waals surface area contributed by atoms with Gasteiger partial charge < -0.3 is 20.6 Å². The van der Waals surface area contributed by atoms with Crippen LogP contribution in [0.2, 0.25) is 5.02 Å². The zero-order valence-corrected chi connectivity index (χ0v) is 21.9. The number of β-amino-alcohol motifs (C(OH)–C–C–N with tert-alkyl or cyclic N) is 1. The number of thioether (sulfide) groups is 1. The first-order valence-electron chi connectivity index (χ1n) is 11.5. The van der Waals surface area contributed by atoms with Gasteiger partial charge in [-0.25, -0.2) is 0 Å². The summed E-state index contributed by atoms with van der Waals surface area (Å²) in [5, 5.41) is 15.9. The lowest BCUT2D eigenvalue weighted by Crippen LogP contribution is -2.53. The van der Waals surface area contributed by atoms with Gasteiger partial charge in [0.1, 0.15) is 6.04 Å². The molecule has 7 nitrogen and oxygen atoms in total. The molecule has 3 heterocycles. The molecule has 3 N–H and O–H groups in total. The van der Waals surface area contributed by atoms with Crippen LogP contribution in [0.4, 0.5) is 5.69 Å². The largest absolute Gasteiger partial charge is 0.395 e. The molecule has 3 aliphatic rings. The van der Waals surface area contributed by atoms with E-state index in [0.717, 1.165) is 5.56 Å². The molecule has 3 amide bonds. The number of carbonyl (C=O) groups is 3. The van der Waals surface area contributed by atoms with Crippen LogP contribution in [-0.2, 0) is 20.9 Å². The number of aliphatic hydroxyl groups is 1. The van der Waals surface area contributed by atoms with Crippen molar-refractivity contribution >= 4 is 62.7 Å². The van der Waals surface area contributed by atoms with Crippen LogP contribution >= 0.6 is 39.3 Å². The Morgan fingerprint density at radius 3 is 2.57 bits per heavy atom. The number of fused-ring (bicyclic) bond motifs is 1. The third-order valence-electron chi connectivity index (χ3n) is 7.12. The molecule has 2 aromatic carbocycles. The minimum absolute atomic E-state index is 0.0197. The molecule has 0 aromatic heterocycles. The van der Waals surface area contributed by atoms with Gasteiger partial charge in [0.15, 0.2) is 0 Å². The van der Waals surface area contributed by atoms with E-state index < -0.39 is 22.6 Å². The first-order valence-corrected chi connectivity index (χ1v) is 13.6. The lowest BCUT2D eigenvalue weighted by Gasteiger charge is -2.35. The van der Waals surface area contributed by atoms with Crippen molar-refractivity contribution in [3.8, 4) is 0 Å². The van der Waals surface area contributed by atoms with E-state index in [4.69, 9.17) is 11.6 Å². The SMILES string of the molecule is O=C(Nc1ccccc1Cl)C1N(CCO)C(=O)[C@@H]2[C@@H](C(=O)NCc3ccccc3)[C@@H]3SC12CC3Br. The average Bonchev–Trinajstić information content (AvgIpc) is 3.43. The van der Waals surface area contributed by atoms with Crippen molar-refractivity contribution in [3.63, 3.8) is 0 Å². The van der Waals surface area contributed by atoms with Crippen molar-refractivity contribution in [1.82, 2.24) is 10.2 Å². The Bertz CT molecular complexity index is 1150. The molecule has 0 saturated carbocycles. The number of amides is 3. The topological polar surface area (TPSA) is 98.7 Å². The molecule has 3 unspecified atom stereocenters. The van der Waals surface area contributed by atoms with Gasteiger partial charge in [0.2, 0.25) is 17.7 Å². The molecule has 2 bridgehead atoms. The molecule has 2 aromatic rings. The molecule has 3 fully saturated rings. The number of nitrogens with one attached hydrogen (secondary N) is 2. The minimum atomic E-state index is -0.828. The van der Waals surface area contributed by atoms with Crippen molar-refractivity contribution in [2.45, 2.75) is 33.8 Å². The van der Waals surface area contributed by atoms with E-state index in [2.05, 4.69) is 26.6 Å². The van der Waals surface area contributed by atoms with E-state index in [0.29, 0.717) is 23.7 Å². The zero-order valence-electron chi connectivity index (χ0n) is 18.7. The summed E-state index contributed by atoms with van der Waals surface area (Å²) in [5.74, 6) is -2.02. The summed E-state index contributed by atoms with van der Waals surface area (Å²) >= 11 is 11.5. The number of halogens is 2. The molecule has 35 heavy (non-hydrogen) atoms. The molecule has 3 saturated heterocycles. The Balaban J connectivity index is 1.44. The minimum Gasteiger partial charge on any atom is -0.395 e. The van der Waals surface area contributed by atoms with Gasteiger partial charge in [0.05, 0.1) is 33.9 Å². The summed E-state index contributed by atoms with van der Waals surface area (Å²) in [6.07, 6.45) is 0.573. The number of alkyl halides is 1. The van der Waals surface area contributed by atoms with Crippen molar-refractivity contribution in [2.24, 2.45) is 11.8 Å². The molecule has 0 radical (unpaired) electrons. The number of nitrogens with zero attached hydrogens (tertiary/aromatic N) is 1. The molecule has 10 heteroatoms. The quantitative estimate of drug-likeness (QED) is 0.439. The fraction of sp³-hybridized carbons (Fsp3) is 0.400. The number of para-hydroxylation sites is 1. The summed E-state index contributed by atoms with van der Waals surface area (Å²) in [5.41, 5.74) is 1.43. The smallest absolute Gasteiger partial charge is 0.248 e. The highest BCUT2D eigenvalue weighted by Crippen LogP contribution is 2.67. The third kappa shape index (κ3) is 4.16. The van der Waals surface area contributed by atoms with Gasteiger partial charge >= 0.3 is 0 Å². The van der Waals surface area contributed by atoms with E-state index in [9.17, 15) is 19.5 Å². The highest BCUT2D eigenvalue weighted by molar-refractivity contribution is 9.09. The molecule has 6 atom stereocenters. The number of hydrogen-bond acceptors (Lipinski definition) is 5. The summed E-state index contributed by atoms with van der Waals surface area (Å²) in [6, 6.07) is 15.7. The van der Waals surface area contributed by atoms with Gasteiger partial charge in [0, 0.05) is 23.2 Å². The second kappa shape index (κ2) is 9.76. The molecule has 1 spiro atoms. The third-order valence-corrected chi connectivity index (χ3v) is 10.7. The second-order valence-electron chi connectivity index (χ2n) is 9.09. The van der Waals surface area contributed by atoms with E-state index in [-0.39, 0.29) is 41.0 Å². The maximum atomic E-state index is 13.7. The van der Waals surface area contributed by atoms with Crippen LogP contribution in [0, 0.1) is 11.8 Å². The van der Waals surface area contributed by atoms with Crippen molar-refractivity contribution in [1.29, 1.82) is 0 Å². The fourth-order valence-corrected chi connectivity index (χ4v) is 9.54. The summed E-state index contributed by atoms with van der Waals surface area (Å²) < 4.78 is -0.773. The predicted molar refractivity (Wildman–Crippen MR) is 139 cm³/mol. The van der Waals surface area contributed by atoms with E-state index in [1.807, 2.05) is 30.3 Å². The Labute approximate surface area is 221 Å². The Hall–Kier alpha value is -2.07. The number of hydrogen-bond donors (Lipinski definition) is 3. The first kappa shape index (κ1) is 24.6. The van der Waals surface area contributed by atoms with Gasteiger partial charge in [0.25, 0.3) is 0 Å². The number of aliphatic hydroxyl groups excluding tert-OH is 1. The number of likely N-dealkylation sites (tertiary alicyclic amines) is 1. The fourth-order valence-electron chi connectivity index (χ4n) is 5.74. The monoisotopic (exact) mass is 577 g/mol. The van der Waals surface area contributed by atoms with Crippen molar-refractivity contribution in [3.05, 3.63) is 65.2 Å². The summed E-state index contributed by atoms with van der Waals surface area (Å²) in [7, 11) is 0. The maximum absolute atomic E-state index is 13.7. The normalized spacial score (nSPS) is 30.9. The van der Waals surface area contributed by atoms with E-state index in [1.165, 1.54) is 4.90 Å². The highest BCUT2D eigenvalue weighted by Gasteiger charge is 2.75. The van der Waals surface area contributed by atoms with Gasteiger partial charge in [-0.3, -0.25) is 14.4 Å². The lowest BCUT2D eigenvalue weighted by atomic mass is 9.70. The van der Waals surface area contributed by atoms with Crippen LogP contribution in [0.15, 0.2) is 54.6 Å². The zero-order chi connectivity index (χ0) is 24.7. The standard InChI is InChI=1S/C25H25BrClN3O4S/c26-15-12-25-19(18(20(15)35-25)22(32)28-13-14-6-2-1-3-7-14)24(34)30(10-11-31)21(25)23(33)29-17-9-5-4-8-16(17)27/h1-9,15,18-21,31H,10-13H2,(H,28,32)(H,29,33)/t15?,18-,19+,20-,21?,25?/m1/s1.